The molecule has 0 atom stereocenters. The number of benzene rings is 2. The summed E-state index contributed by atoms with van der Waals surface area (Å²) in [4.78, 5) is 27.6. The molecule has 2 aromatic carbocycles. The molecular formula is C16H12Br2N2O2. The van der Waals surface area contributed by atoms with Crippen molar-refractivity contribution in [3.8, 4) is 0 Å². The van der Waals surface area contributed by atoms with Crippen LogP contribution < -0.4 is 9.80 Å². The SMILES string of the molecule is O=C1CC(=O)N(c2ccc(Br)cc2)CN1c1ccc(Br)cc1. The van der Waals surface area contributed by atoms with Gasteiger partial charge in [0, 0.05) is 20.3 Å². The molecule has 2 amide bonds. The maximum absolute atomic E-state index is 12.2. The van der Waals surface area contributed by atoms with Gasteiger partial charge < -0.3 is 0 Å². The van der Waals surface area contributed by atoms with Gasteiger partial charge in [0.05, 0.1) is 0 Å². The van der Waals surface area contributed by atoms with Crippen molar-refractivity contribution in [1.82, 2.24) is 0 Å². The lowest BCUT2D eigenvalue weighted by atomic mass is 10.2. The molecular weight excluding hydrogens is 412 g/mol. The highest BCUT2D eigenvalue weighted by Crippen LogP contribution is 2.26. The first-order chi connectivity index (χ1) is 10.5. The maximum Gasteiger partial charge on any atom is 0.237 e. The van der Waals surface area contributed by atoms with E-state index in [4.69, 9.17) is 0 Å². The van der Waals surface area contributed by atoms with Crippen LogP contribution in [0.15, 0.2) is 57.5 Å². The predicted octanol–water partition coefficient (Wildman–Crippen LogP) is 3.94. The molecule has 0 bridgehead atoms. The van der Waals surface area contributed by atoms with E-state index >= 15 is 0 Å². The molecule has 6 heteroatoms. The zero-order valence-electron chi connectivity index (χ0n) is 11.5. The molecule has 4 nitrogen and oxygen atoms in total. The minimum absolute atomic E-state index is 0.119. The van der Waals surface area contributed by atoms with Crippen molar-refractivity contribution in [3.63, 3.8) is 0 Å². The molecule has 1 heterocycles. The topological polar surface area (TPSA) is 40.6 Å². The smallest absolute Gasteiger partial charge is 0.237 e. The number of nitrogens with zero attached hydrogens (tertiary/aromatic N) is 2. The van der Waals surface area contributed by atoms with Crippen molar-refractivity contribution >= 4 is 55.0 Å². The number of hydrogen-bond acceptors (Lipinski definition) is 2. The fraction of sp³-hybridized carbons (Fsp3) is 0.125. The second-order valence-electron chi connectivity index (χ2n) is 4.91. The summed E-state index contributed by atoms with van der Waals surface area (Å²) in [6.45, 7) is 0.223. The third kappa shape index (κ3) is 3.08. The Bertz CT molecular complexity index is 652. The molecule has 0 radical (unpaired) electrons. The van der Waals surface area contributed by atoms with Crippen molar-refractivity contribution in [2.75, 3.05) is 16.5 Å². The Balaban J connectivity index is 1.89. The maximum atomic E-state index is 12.2. The van der Waals surface area contributed by atoms with Gasteiger partial charge in [-0.15, -0.1) is 0 Å². The van der Waals surface area contributed by atoms with E-state index in [2.05, 4.69) is 31.9 Å². The largest absolute Gasteiger partial charge is 0.293 e. The molecule has 1 fully saturated rings. The van der Waals surface area contributed by atoms with Crippen LogP contribution >= 0.6 is 31.9 Å². The Labute approximate surface area is 145 Å². The standard InChI is InChI=1S/C16H12Br2N2O2/c17-11-1-5-13(6-2-11)19-10-20(16(22)9-15(19)21)14-7-3-12(18)4-8-14/h1-8H,9-10H2. The molecule has 0 saturated carbocycles. The highest BCUT2D eigenvalue weighted by atomic mass is 79.9. The van der Waals surface area contributed by atoms with Gasteiger partial charge in [-0.25, -0.2) is 0 Å². The van der Waals surface area contributed by atoms with Crippen LogP contribution in [0, 0.1) is 0 Å². The Kier molecular flexibility index (Phi) is 4.31. The molecule has 0 aromatic heterocycles. The van der Waals surface area contributed by atoms with Crippen LogP contribution in [0.3, 0.4) is 0 Å². The second kappa shape index (κ2) is 6.22. The minimum atomic E-state index is -0.180. The van der Waals surface area contributed by atoms with E-state index in [1.165, 1.54) is 0 Å². The molecule has 0 spiro atoms. The summed E-state index contributed by atoms with van der Waals surface area (Å²) in [6.07, 6.45) is -0.119. The summed E-state index contributed by atoms with van der Waals surface area (Å²) in [5.41, 5.74) is 1.56. The van der Waals surface area contributed by atoms with E-state index in [1.54, 1.807) is 9.80 Å². The minimum Gasteiger partial charge on any atom is -0.293 e. The quantitative estimate of drug-likeness (QED) is 0.686. The molecule has 1 saturated heterocycles. The van der Waals surface area contributed by atoms with E-state index in [-0.39, 0.29) is 24.9 Å². The van der Waals surface area contributed by atoms with Crippen molar-refractivity contribution < 1.29 is 9.59 Å². The van der Waals surface area contributed by atoms with E-state index < -0.39 is 0 Å². The van der Waals surface area contributed by atoms with Crippen molar-refractivity contribution in [1.29, 1.82) is 0 Å². The van der Waals surface area contributed by atoms with Gasteiger partial charge in [0.25, 0.3) is 0 Å². The zero-order chi connectivity index (χ0) is 15.7. The van der Waals surface area contributed by atoms with Gasteiger partial charge in [0.1, 0.15) is 13.1 Å². The summed E-state index contributed by atoms with van der Waals surface area (Å²) < 4.78 is 1.89. The van der Waals surface area contributed by atoms with Crippen LogP contribution in [0.1, 0.15) is 6.42 Å². The van der Waals surface area contributed by atoms with E-state index in [1.807, 2.05) is 48.5 Å². The van der Waals surface area contributed by atoms with E-state index in [9.17, 15) is 9.59 Å². The molecule has 0 N–H and O–H groups in total. The average molecular weight is 424 g/mol. The molecule has 112 valence electrons. The van der Waals surface area contributed by atoms with Crippen LogP contribution in [-0.4, -0.2) is 18.5 Å². The lowest BCUT2D eigenvalue weighted by molar-refractivity contribution is -0.128. The summed E-state index contributed by atoms with van der Waals surface area (Å²) in [5, 5.41) is 0. The number of halogens is 2. The molecule has 1 aliphatic heterocycles. The third-order valence-electron chi connectivity index (χ3n) is 3.46. The number of carbonyl (C=O) groups excluding carboxylic acids is 2. The molecule has 0 unspecified atom stereocenters. The molecule has 2 aromatic rings. The number of amides is 2. The van der Waals surface area contributed by atoms with Crippen LogP contribution in [0.25, 0.3) is 0 Å². The summed E-state index contributed by atoms with van der Waals surface area (Å²) in [6, 6.07) is 14.9. The van der Waals surface area contributed by atoms with Crippen molar-refractivity contribution in [2.24, 2.45) is 0 Å². The van der Waals surface area contributed by atoms with Gasteiger partial charge in [-0.3, -0.25) is 19.4 Å². The molecule has 0 aliphatic carbocycles. The molecule has 3 rings (SSSR count). The average Bonchev–Trinajstić information content (AvgIpc) is 2.50. The number of rotatable bonds is 2. The first kappa shape index (κ1) is 15.2. The van der Waals surface area contributed by atoms with Crippen LogP contribution in [0.4, 0.5) is 11.4 Å². The zero-order valence-corrected chi connectivity index (χ0v) is 14.7. The lowest BCUT2D eigenvalue weighted by Gasteiger charge is -2.35. The van der Waals surface area contributed by atoms with Gasteiger partial charge in [-0.05, 0) is 48.5 Å². The first-order valence-electron chi connectivity index (χ1n) is 6.66. The Morgan fingerprint density at radius 1 is 0.682 bits per heavy atom. The number of hydrogen-bond donors (Lipinski definition) is 0. The predicted molar refractivity (Wildman–Crippen MR) is 92.7 cm³/mol. The summed E-state index contributed by atoms with van der Waals surface area (Å²) >= 11 is 6.75. The number of carbonyl (C=O) groups is 2. The normalized spacial score (nSPS) is 15.4. The van der Waals surface area contributed by atoms with E-state index in [0.29, 0.717) is 0 Å². The van der Waals surface area contributed by atoms with Gasteiger partial charge in [-0.2, -0.15) is 0 Å². The van der Waals surface area contributed by atoms with Gasteiger partial charge in [0.15, 0.2) is 0 Å². The van der Waals surface area contributed by atoms with Gasteiger partial charge in [-0.1, -0.05) is 31.9 Å². The Morgan fingerprint density at radius 2 is 1.05 bits per heavy atom. The fourth-order valence-electron chi connectivity index (χ4n) is 2.31. The van der Waals surface area contributed by atoms with Gasteiger partial charge in [0.2, 0.25) is 11.8 Å². The van der Waals surface area contributed by atoms with Gasteiger partial charge >= 0.3 is 0 Å². The Morgan fingerprint density at radius 3 is 1.41 bits per heavy atom. The third-order valence-corrected chi connectivity index (χ3v) is 4.52. The highest BCUT2D eigenvalue weighted by Gasteiger charge is 2.31. The van der Waals surface area contributed by atoms with Crippen molar-refractivity contribution in [3.05, 3.63) is 57.5 Å². The molecule has 22 heavy (non-hydrogen) atoms. The second-order valence-corrected chi connectivity index (χ2v) is 6.75. The fourth-order valence-corrected chi connectivity index (χ4v) is 2.84. The number of anilines is 2. The summed E-state index contributed by atoms with van der Waals surface area (Å²) in [7, 11) is 0. The lowest BCUT2D eigenvalue weighted by Crippen LogP contribution is -2.51. The van der Waals surface area contributed by atoms with Crippen LogP contribution in [0.5, 0.6) is 0 Å². The van der Waals surface area contributed by atoms with Crippen LogP contribution in [0.2, 0.25) is 0 Å². The monoisotopic (exact) mass is 422 g/mol. The molecule has 1 aliphatic rings. The van der Waals surface area contributed by atoms with Crippen LogP contribution in [-0.2, 0) is 9.59 Å². The first-order valence-corrected chi connectivity index (χ1v) is 8.25. The van der Waals surface area contributed by atoms with E-state index in [0.717, 1.165) is 20.3 Å². The van der Waals surface area contributed by atoms with Crippen molar-refractivity contribution in [2.45, 2.75) is 6.42 Å². The highest BCUT2D eigenvalue weighted by molar-refractivity contribution is 9.10. The Hall–Kier alpha value is -1.66. The summed E-state index contributed by atoms with van der Waals surface area (Å²) in [5.74, 6) is -0.360.